The predicted molar refractivity (Wildman–Crippen MR) is 93.2 cm³/mol. The van der Waals surface area contributed by atoms with E-state index in [-0.39, 0.29) is 0 Å². The fraction of sp³-hybridized carbons (Fsp3) is 0.294. The number of para-hydroxylation sites is 1. The van der Waals surface area contributed by atoms with Crippen LogP contribution in [0.1, 0.15) is 5.56 Å². The highest BCUT2D eigenvalue weighted by Crippen LogP contribution is 2.31. The van der Waals surface area contributed by atoms with Crippen molar-refractivity contribution in [3.05, 3.63) is 52.0 Å². The standard InChI is InChI=1S/C17H19Cl2NO3/c1-21-15-4-2-3-12(7-8-20)17(15)23-10-9-22-16-11-13(18)5-6-14(16)19/h2-6,11H,7-10,20H2,1H3. The average molecular weight is 356 g/mol. The first kappa shape index (κ1) is 17.7. The van der Waals surface area contributed by atoms with E-state index < -0.39 is 0 Å². The van der Waals surface area contributed by atoms with Crippen LogP contribution in [0.4, 0.5) is 0 Å². The maximum Gasteiger partial charge on any atom is 0.164 e. The molecule has 2 N–H and O–H groups in total. The molecule has 0 saturated heterocycles. The molecule has 0 heterocycles. The van der Waals surface area contributed by atoms with Crippen LogP contribution < -0.4 is 19.9 Å². The molecule has 124 valence electrons. The Balaban J connectivity index is 1.97. The van der Waals surface area contributed by atoms with Crippen LogP contribution in [-0.4, -0.2) is 26.9 Å². The van der Waals surface area contributed by atoms with E-state index >= 15 is 0 Å². The van der Waals surface area contributed by atoms with E-state index in [1.807, 2.05) is 18.2 Å². The molecule has 0 amide bonds. The molecule has 0 aliphatic heterocycles. The monoisotopic (exact) mass is 355 g/mol. The molecule has 0 saturated carbocycles. The van der Waals surface area contributed by atoms with Gasteiger partial charge in [0.25, 0.3) is 0 Å². The minimum absolute atomic E-state index is 0.334. The summed E-state index contributed by atoms with van der Waals surface area (Å²) in [4.78, 5) is 0. The van der Waals surface area contributed by atoms with E-state index in [9.17, 15) is 0 Å². The van der Waals surface area contributed by atoms with Crippen molar-refractivity contribution in [2.24, 2.45) is 5.73 Å². The number of hydrogen-bond acceptors (Lipinski definition) is 4. The summed E-state index contributed by atoms with van der Waals surface area (Å²) in [5.41, 5.74) is 6.64. The van der Waals surface area contributed by atoms with Gasteiger partial charge in [-0.15, -0.1) is 0 Å². The minimum atomic E-state index is 0.334. The fourth-order valence-electron chi connectivity index (χ4n) is 2.12. The van der Waals surface area contributed by atoms with E-state index in [2.05, 4.69) is 0 Å². The van der Waals surface area contributed by atoms with Crippen molar-refractivity contribution in [2.75, 3.05) is 26.9 Å². The quantitative estimate of drug-likeness (QED) is 0.728. The van der Waals surface area contributed by atoms with Crippen molar-refractivity contribution in [1.82, 2.24) is 0 Å². The molecule has 0 unspecified atom stereocenters. The lowest BCUT2D eigenvalue weighted by molar-refractivity contribution is 0.210. The third-order valence-electron chi connectivity index (χ3n) is 3.17. The molecule has 0 aliphatic rings. The van der Waals surface area contributed by atoms with Gasteiger partial charge < -0.3 is 19.9 Å². The zero-order valence-electron chi connectivity index (χ0n) is 12.9. The first-order chi connectivity index (χ1) is 11.2. The Morgan fingerprint density at radius 2 is 1.78 bits per heavy atom. The highest BCUT2D eigenvalue weighted by atomic mass is 35.5. The maximum atomic E-state index is 6.05. The molecule has 0 spiro atoms. The van der Waals surface area contributed by atoms with E-state index in [0.29, 0.717) is 53.5 Å². The van der Waals surface area contributed by atoms with Gasteiger partial charge >= 0.3 is 0 Å². The normalized spacial score (nSPS) is 10.4. The van der Waals surface area contributed by atoms with Crippen LogP contribution in [0.5, 0.6) is 17.2 Å². The summed E-state index contributed by atoms with van der Waals surface area (Å²) in [7, 11) is 1.61. The molecular weight excluding hydrogens is 337 g/mol. The van der Waals surface area contributed by atoms with Crippen molar-refractivity contribution in [1.29, 1.82) is 0 Å². The molecule has 0 aliphatic carbocycles. The maximum absolute atomic E-state index is 6.05. The Labute approximate surface area is 146 Å². The lowest BCUT2D eigenvalue weighted by Crippen LogP contribution is -2.12. The zero-order valence-corrected chi connectivity index (χ0v) is 14.4. The van der Waals surface area contributed by atoms with Gasteiger partial charge in [0.15, 0.2) is 11.5 Å². The number of ether oxygens (including phenoxy) is 3. The Hall–Kier alpha value is -1.62. The second-order valence-electron chi connectivity index (χ2n) is 4.76. The molecule has 2 aromatic carbocycles. The minimum Gasteiger partial charge on any atom is -0.493 e. The molecule has 0 fully saturated rings. The van der Waals surface area contributed by atoms with Crippen molar-refractivity contribution >= 4 is 23.2 Å². The molecule has 0 atom stereocenters. The van der Waals surface area contributed by atoms with Gasteiger partial charge in [-0.1, -0.05) is 35.3 Å². The zero-order chi connectivity index (χ0) is 16.7. The number of benzene rings is 2. The van der Waals surface area contributed by atoms with Gasteiger partial charge in [0.05, 0.1) is 12.1 Å². The van der Waals surface area contributed by atoms with Crippen LogP contribution in [0.25, 0.3) is 0 Å². The lowest BCUT2D eigenvalue weighted by Gasteiger charge is -2.15. The van der Waals surface area contributed by atoms with Crippen LogP contribution in [0.15, 0.2) is 36.4 Å². The number of methoxy groups -OCH3 is 1. The first-order valence-electron chi connectivity index (χ1n) is 7.22. The molecule has 2 aromatic rings. The van der Waals surface area contributed by atoms with Crippen molar-refractivity contribution < 1.29 is 14.2 Å². The van der Waals surface area contributed by atoms with Crippen LogP contribution in [0.3, 0.4) is 0 Å². The molecule has 23 heavy (non-hydrogen) atoms. The molecule has 4 nitrogen and oxygen atoms in total. The largest absolute Gasteiger partial charge is 0.493 e. The molecular formula is C17H19Cl2NO3. The SMILES string of the molecule is COc1cccc(CCN)c1OCCOc1cc(Cl)ccc1Cl. The van der Waals surface area contributed by atoms with Crippen molar-refractivity contribution in [3.63, 3.8) is 0 Å². The van der Waals surface area contributed by atoms with Crippen LogP contribution in [-0.2, 0) is 6.42 Å². The average Bonchev–Trinajstić information content (AvgIpc) is 2.55. The smallest absolute Gasteiger partial charge is 0.164 e. The summed E-state index contributed by atoms with van der Waals surface area (Å²) in [5.74, 6) is 1.91. The van der Waals surface area contributed by atoms with E-state index in [1.54, 1.807) is 25.3 Å². The van der Waals surface area contributed by atoms with E-state index in [1.165, 1.54) is 0 Å². The topological polar surface area (TPSA) is 53.7 Å². The van der Waals surface area contributed by atoms with Gasteiger partial charge in [-0.3, -0.25) is 0 Å². The predicted octanol–water partition coefficient (Wildman–Crippen LogP) is 3.96. The van der Waals surface area contributed by atoms with Gasteiger partial charge in [0, 0.05) is 11.1 Å². The third kappa shape index (κ3) is 4.93. The first-order valence-corrected chi connectivity index (χ1v) is 7.98. The van der Waals surface area contributed by atoms with Crippen molar-refractivity contribution in [2.45, 2.75) is 6.42 Å². The Kier molecular flexibility index (Phi) is 6.84. The molecule has 0 radical (unpaired) electrons. The van der Waals surface area contributed by atoms with Gasteiger partial charge in [-0.2, -0.15) is 0 Å². The summed E-state index contributed by atoms with van der Waals surface area (Å²) in [6.07, 6.45) is 0.716. The van der Waals surface area contributed by atoms with E-state index in [4.69, 9.17) is 43.1 Å². The second-order valence-corrected chi connectivity index (χ2v) is 5.60. The highest BCUT2D eigenvalue weighted by molar-refractivity contribution is 6.34. The van der Waals surface area contributed by atoms with Crippen LogP contribution in [0, 0.1) is 0 Å². The lowest BCUT2D eigenvalue weighted by atomic mass is 10.1. The van der Waals surface area contributed by atoms with Crippen LogP contribution >= 0.6 is 23.2 Å². The molecule has 6 heteroatoms. The number of halogens is 2. The summed E-state index contributed by atoms with van der Waals surface area (Å²) >= 11 is 12.0. The summed E-state index contributed by atoms with van der Waals surface area (Å²) in [5, 5.41) is 1.08. The van der Waals surface area contributed by atoms with Crippen molar-refractivity contribution in [3.8, 4) is 17.2 Å². The Bertz CT molecular complexity index is 650. The van der Waals surface area contributed by atoms with Gasteiger partial charge in [0.2, 0.25) is 0 Å². The summed E-state index contributed by atoms with van der Waals surface area (Å²) in [6.45, 7) is 1.22. The molecule has 0 aromatic heterocycles. The van der Waals surface area contributed by atoms with Gasteiger partial charge in [-0.05, 0) is 36.7 Å². The van der Waals surface area contributed by atoms with Gasteiger partial charge in [0.1, 0.15) is 19.0 Å². The fourth-order valence-corrected chi connectivity index (χ4v) is 2.46. The highest BCUT2D eigenvalue weighted by Gasteiger charge is 2.10. The molecule has 2 rings (SSSR count). The Morgan fingerprint density at radius 3 is 2.52 bits per heavy atom. The molecule has 0 bridgehead atoms. The van der Waals surface area contributed by atoms with Crippen LogP contribution in [0.2, 0.25) is 10.0 Å². The number of rotatable bonds is 8. The summed E-state index contributed by atoms with van der Waals surface area (Å²) < 4.78 is 16.8. The number of hydrogen-bond donors (Lipinski definition) is 1. The summed E-state index contributed by atoms with van der Waals surface area (Å²) in [6, 6.07) is 10.8. The van der Waals surface area contributed by atoms with E-state index in [0.717, 1.165) is 5.56 Å². The van der Waals surface area contributed by atoms with Gasteiger partial charge in [-0.25, -0.2) is 0 Å². The second kappa shape index (κ2) is 8.87. The number of nitrogens with two attached hydrogens (primary N) is 1. The third-order valence-corrected chi connectivity index (χ3v) is 3.72. The Morgan fingerprint density at radius 1 is 1.00 bits per heavy atom.